The fraction of sp³-hybridized carbons (Fsp3) is 0.588. The molecule has 6 heteroatoms. The molecule has 2 N–H and O–H groups in total. The Morgan fingerprint density at radius 1 is 1.39 bits per heavy atom. The van der Waals surface area contributed by atoms with Crippen LogP contribution in [-0.2, 0) is 11.2 Å². The molecule has 0 saturated carbocycles. The van der Waals surface area contributed by atoms with Crippen LogP contribution in [-0.4, -0.2) is 30.0 Å². The maximum absolute atomic E-state index is 14.1. The van der Waals surface area contributed by atoms with Crippen molar-refractivity contribution in [1.29, 1.82) is 0 Å². The van der Waals surface area contributed by atoms with Gasteiger partial charge in [0.15, 0.2) is 0 Å². The SMILES string of the molecule is CCC(CO)(CNC(=O)OC(C)(C)C)Cc1ccc(Br)cc1F. The Kier molecular flexibility index (Phi) is 7.02. The number of benzene rings is 1. The molecule has 0 aliphatic heterocycles. The number of hydrogen-bond donors (Lipinski definition) is 2. The first kappa shape index (κ1) is 19.9. The first-order valence-corrected chi connectivity index (χ1v) is 8.42. The summed E-state index contributed by atoms with van der Waals surface area (Å²) in [4.78, 5) is 11.8. The fourth-order valence-corrected chi connectivity index (χ4v) is 2.51. The number of rotatable bonds is 6. The summed E-state index contributed by atoms with van der Waals surface area (Å²) in [6.45, 7) is 7.30. The molecule has 23 heavy (non-hydrogen) atoms. The quantitative estimate of drug-likeness (QED) is 0.771. The molecule has 1 amide bonds. The second-order valence-electron chi connectivity index (χ2n) is 6.78. The third-order valence-electron chi connectivity index (χ3n) is 3.67. The van der Waals surface area contributed by atoms with E-state index in [0.29, 0.717) is 22.9 Å². The highest BCUT2D eigenvalue weighted by Gasteiger charge is 2.30. The molecule has 1 aromatic carbocycles. The third kappa shape index (κ3) is 6.47. The number of nitrogens with one attached hydrogen (secondary N) is 1. The average Bonchev–Trinajstić information content (AvgIpc) is 2.44. The van der Waals surface area contributed by atoms with E-state index in [2.05, 4.69) is 21.2 Å². The monoisotopic (exact) mass is 389 g/mol. The largest absolute Gasteiger partial charge is 0.444 e. The van der Waals surface area contributed by atoms with Crippen molar-refractivity contribution in [3.8, 4) is 0 Å². The zero-order chi connectivity index (χ0) is 17.7. The molecular weight excluding hydrogens is 365 g/mol. The predicted octanol–water partition coefficient (Wildman–Crippen LogP) is 4.04. The molecule has 1 unspecified atom stereocenters. The van der Waals surface area contributed by atoms with Gasteiger partial charge in [0.1, 0.15) is 11.4 Å². The summed E-state index contributed by atoms with van der Waals surface area (Å²) < 4.78 is 19.9. The van der Waals surface area contributed by atoms with Crippen molar-refractivity contribution >= 4 is 22.0 Å². The summed E-state index contributed by atoms with van der Waals surface area (Å²) in [5.74, 6) is -0.331. The van der Waals surface area contributed by atoms with Crippen LogP contribution >= 0.6 is 15.9 Å². The molecule has 0 saturated heterocycles. The van der Waals surface area contributed by atoms with Crippen molar-refractivity contribution in [2.24, 2.45) is 5.41 Å². The first-order chi connectivity index (χ1) is 10.6. The highest BCUT2D eigenvalue weighted by molar-refractivity contribution is 9.10. The lowest BCUT2D eigenvalue weighted by Crippen LogP contribution is -2.43. The maximum atomic E-state index is 14.1. The Morgan fingerprint density at radius 3 is 2.52 bits per heavy atom. The number of halogens is 2. The van der Waals surface area contributed by atoms with Gasteiger partial charge in [0, 0.05) is 16.4 Å². The Hall–Kier alpha value is -1.14. The first-order valence-electron chi connectivity index (χ1n) is 7.62. The van der Waals surface area contributed by atoms with E-state index in [0.717, 1.165) is 0 Å². The number of aliphatic hydroxyl groups is 1. The number of aliphatic hydroxyl groups excluding tert-OH is 1. The van der Waals surface area contributed by atoms with Crippen LogP contribution in [0.25, 0.3) is 0 Å². The standard InChI is InChI=1S/C17H25BrFNO3/c1-5-17(11-21,10-20-15(22)23-16(2,3)4)9-12-6-7-13(18)8-14(12)19/h6-8,21H,5,9-11H2,1-4H3,(H,20,22). The molecule has 130 valence electrons. The molecular formula is C17H25BrFNO3. The highest BCUT2D eigenvalue weighted by Crippen LogP contribution is 2.28. The lowest BCUT2D eigenvalue weighted by atomic mass is 9.79. The van der Waals surface area contributed by atoms with Crippen LogP contribution in [0.5, 0.6) is 0 Å². The van der Waals surface area contributed by atoms with Gasteiger partial charge in [-0.15, -0.1) is 0 Å². The van der Waals surface area contributed by atoms with Gasteiger partial charge >= 0.3 is 6.09 Å². The van der Waals surface area contributed by atoms with Crippen LogP contribution in [0.4, 0.5) is 9.18 Å². The Bertz CT molecular complexity index is 539. The van der Waals surface area contributed by atoms with E-state index in [1.807, 2.05) is 6.92 Å². The van der Waals surface area contributed by atoms with Crippen LogP contribution in [0, 0.1) is 11.2 Å². The van der Waals surface area contributed by atoms with E-state index < -0.39 is 17.1 Å². The summed E-state index contributed by atoms with van der Waals surface area (Å²) in [5, 5.41) is 12.5. The molecule has 0 radical (unpaired) electrons. The van der Waals surface area contributed by atoms with Gasteiger partial charge in [-0.25, -0.2) is 9.18 Å². The van der Waals surface area contributed by atoms with Gasteiger partial charge in [-0.3, -0.25) is 0 Å². The summed E-state index contributed by atoms with van der Waals surface area (Å²) in [5.41, 5.74) is -0.711. The van der Waals surface area contributed by atoms with E-state index in [1.165, 1.54) is 6.07 Å². The van der Waals surface area contributed by atoms with Crippen molar-refractivity contribution in [2.45, 2.75) is 46.1 Å². The topological polar surface area (TPSA) is 58.6 Å². The van der Waals surface area contributed by atoms with Crippen LogP contribution in [0.15, 0.2) is 22.7 Å². The molecule has 0 aliphatic rings. The lowest BCUT2D eigenvalue weighted by Gasteiger charge is -2.32. The Morgan fingerprint density at radius 2 is 2.04 bits per heavy atom. The number of amides is 1. The van der Waals surface area contributed by atoms with Crippen molar-refractivity contribution in [3.05, 3.63) is 34.1 Å². The molecule has 0 spiro atoms. The molecule has 0 bridgehead atoms. The summed E-state index contributed by atoms with van der Waals surface area (Å²) >= 11 is 3.22. The van der Waals surface area contributed by atoms with E-state index >= 15 is 0 Å². The van der Waals surface area contributed by atoms with Gasteiger partial charge in [-0.1, -0.05) is 28.9 Å². The number of carbonyl (C=O) groups is 1. The summed E-state index contributed by atoms with van der Waals surface area (Å²) in [6.07, 6.45) is 0.379. The third-order valence-corrected chi connectivity index (χ3v) is 4.17. The molecule has 1 aromatic rings. The van der Waals surface area contributed by atoms with Gasteiger partial charge in [0.2, 0.25) is 0 Å². The molecule has 4 nitrogen and oxygen atoms in total. The predicted molar refractivity (Wildman–Crippen MR) is 91.9 cm³/mol. The van der Waals surface area contributed by atoms with Gasteiger partial charge in [0.25, 0.3) is 0 Å². The number of carbonyl (C=O) groups excluding carboxylic acids is 1. The maximum Gasteiger partial charge on any atom is 0.407 e. The fourth-order valence-electron chi connectivity index (χ4n) is 2.18. The minimum Gasteiger partial charge on any atom is -0.444 e. The second kappa shape index (κ2) is 8.11. The lowest BCUT2D eigenvalue weighted by molar-refractivity contribution is 0.0460. The minimum atomic E-state index is -0.633. The molecule has 0 aliphatic carbocycles. The number of hydrogen-bond acceptors (Lipinski definition) is 3. The number of alkyl carbamates (subject to hydrolysis) is 1. The molecule has 1 rings (SSSR count). The zero-order valence-electron chi connectivity index (χ0n) is 14.1. The van der Waals surface area contributed by atoms with Crippen molar-refractivity contribution in [1.82, 2.24) is 5.32 Å². The van der Waals surface area contributed by atoms with Crippen LogP contribution < -0.4 is 5.32 Å². The smallest absolute Gasteiger partial charge is 0.407 e. The molecule has 1 atom stereocenters. The van der Waals surface area contributed by atoms with Gasteiger partial charge in [-0.2, -0.15) is 0 Å². The summed E-state index contributed by atoms with van der Waals surface area (Å²) in [6, 6.07) is 4.85. The second-order valence-corrected chi connectivity index (χ2v) is 7.70. The molecule has 0 fully saturated rings. The highest BCUT2D eigenvalue weighted by atomic mass is 79.9. The average molecular weight is 390 g/mol. The normalized spacial score (nSPS) is 14.2. The van der Waals surface area contributed by atoms with Crippen molar-refractivity contribution in [2.75, 3.05) is 13.2 Å². The van der Waals surface area contributed by atoms with Crippen LogP contribution in [0.2, 0.25) is 0 Å². The Balaban J connectivity index is 2.80. The molecule has 0 heterocycles. The summed E-state index contributed by atoms with van der Waals surface area (Å²) in [7, 11) is 0. The van der Waals surface area contributed by atoms with Crippen LogP contribution in [0.3, 0.4) is 0 Å². The Labute approximate surface area is 145 Å². The minimum absolute atomic E-state index is 0.158. The molecule has 0 aromatic heterocycles. The van der Waals surface area contributed by atoms with Crippen LogP contribution in [0.1, 0.15) is 39.7 Å². The van der Waals surface area contributed by atoms with E-state index in [-0.39, 0.29) is 19.0 Å². The van der Waals surface area contributed by atoms with Gasteiger partial charge < -0.3 is 15.2 Å². The number of ether oxygens (including phenoxy) is 1. The van der Waals surface area contributed by atoms with Gasteiger partial charge in [-0.05, 0) is 51.3 Å². The van der Waals surface area contributed by atoms with E-state index in [9.17, 15) is 14.3 Å². The van der Waals surface area contributed by atoms with Gasteiger partial charge in [0.05, 0.1) is 6.61 Å². The zero-order valence-corrected chi connectivity index (χ0v) is 15.7. The van der Waals surface area contributed by atoms with Crippen molar-refractivity contribution < 1.29 is 19.0 Å². The van der Waals surface area contributed by atoms with E-state index in [1.54, 1.807) is 32.9 Å². The van der Waals surface area contributed by atoms with Crippen molar-refractivity contribution in [3.63, 3.8) is 0 Å². The van der Waals surface area contributed by atoms with E-state index in [4.69, 9.17) is 4.74 Å².